The second-order valence-electron chi connectivity index (χ2n) is 5.56. The number of aliphatic hydroxyl groups excluding tert-OH is 1. The summed E-state index contributed by atoms with van der Waals surface area (Å²) in [6.07, 6.45) is 3.90. The van der Waals surface area contributed by atoms with Crippen LogP contribution in [0.2, 0.25) is 0 Å². The average Bonchev–Trinajstić information content (AvgIpc) is 3.00. The number of aliphatic hydroxyl groups is 1. The molecular formula is C15H19N3O3. The van der Waals surface area contributed by atoms with Gasteiger partial charge in [-0.3, -0.25) is 9.69 Å². The van der Waals surface area contributed by atoms with Crippen LogP contribution >= 0.6 is 0 Å². The highest BCUT2D eigenvalue weighted by atomic mass is 16.5. The molecule has 6 heteroatoms. The van der Waals surface area contributed by atoms with Gasteiger partial charge < -0.3 is 14.2 Å². The molecule has 2 aromatic rings. The van der Waals surface area contributed by atoms with Crippen LogP contribution in [0.25, 0.3) is 5.65 Å². The minimum atomic E-state index is -0.492. The zero-order valence-electron chi connectivity index (χ0n) is 12.2. The minimum Gasteiger partial charge on any atom is -0.468 e. The van der Waals surface area contributed by atoms with Crippen LogP contribution in [0.4, 0.5) is 0 Å². The Kier molecular flexibility index (Phi) is 3.65. The second-order valence-corrected chi connectivity index (χ2v) is 5.56. The lowest BCUT2D eigenvalue weighted by atomic mass is 10.2. The van der Waals surface area contributed by atoms with E-state index in [1.54, 1.807) is 0 Å². The summed E-state index contributed by atoms with van der Waals surface area (Å²) in [6, 6.07) is 3.59. The summed E-state index contributed by atoms with van der Waals surface area (Å²) < 4.78 is 6.78. The van der Waals surface area contributed by atoms with Crippen LogP contribution in [0, 0.1) is 6.92 Å². The molecule has 112 valence electrons. The van der Waals surface area contributed by atoms with Gasteiger partial charge in [0.2, 0.25) is 0 Å². The third-order valence-corrected chi connectivity index (χ3v) is 3.87. The predicted octanol–water partition coefficient (Wildman–Crippen LogP) is 0.751. The van der Waals surface area contributed by atoms with Crippen molar-refractivity contribution in [1.82, 2.24) is 14.3 Å². The number of carbonyl (C=O) groups excluding carboxylic acids is 1. The summed E-state index contributed by atoms with van der Waals surface area (Å²) in [6.45, 7) is 3.02. The van der Waals surface area contributed by atoms with Gasteiger partial charge in [-0.25, -0.2) is 4.98 Å². The minimum absolute atomic E-state index is 0.300. The van der Waals surface area contributed by atoms with Crippen molar-refractivity contribution in [2.45, 2.75) is 32.0 Å². The van der Waals surface area contributed by atoms with E-state index < -0.39 is 12.1 Å². The van der Waals surface area contributed by atoms with E-state index in [0.29, 0.717) is 19.5 Å². The van der Waals surface area contributed by atoms with Gasteiger partial charge in [0.05, 0.1) is 18.9 Å². The third kappa shape index (κ3) is 2.77. The van der Waals surface area contributed by atoms with Crippen LogP contribution in [0.5, 0.6) is 0 Å². The first-order valence-corrected chi connectivity index (χ1v) is 7.01. The molecule has 1 N–H and O–H groups in total. The highest BCUT2D eigenvalue weighted by molar-refractivity contribution is 5.76. The van der Waals surface area contributed by atoms with Gasteiger partial charge in [-0.2, -0.15) is 0 Å². The van der Waals surface area contributed by atoms with E-state index in [9.17, 15) is 9.90 Å². The van der Waals surface area contributed by atoms with Gasteiger partial charge in [-0.15, -0.1) is 0 Å². The van der Waals surface area contributed by atoms with Gasteiger partial charge in [0.1, 0.15) is 11.7 Å². The first kappa shape index (κ1) is 14.0. The molecule has 2 atom stereocenters. The number of esters is 1. The quantitative estimate of drug-likeness (QED) is 0.845. The molecule has 3 heterocycles. The summed E-state index contributed by atoms with van der Waals surface area (Å²) in [5.41, 5.74) is 2.92. The topological polar surface area (TPSA) is 67.1 Å². The van der Waals surface area contributed by atoms with Crippen LogP contribution in [0.15, 0.2) is 24.5 Å². The van der Waals surface area contributed by atoms with Crippen molar-refractivity contribution in [2.24, 2.45) is 0 Å². The average molecular weight is 289 g/mol. The molecule has 0 amide bonds. The van der Waals surface area contributed by atoms with Crippen molar-refractivity contribution in [3.05, 3.63) is 35.8 Å². The number of fused-ring (bicyclic) bond motifs is 1. The van der Waals surface area contributed by atoms with Gasteiger partial charge in [0.15, 0.2) is 0 Å². The van der Waals surface area contributed by atoms with E-state index in [1.807, 2.05) is 40.8 Å². The number of aromatic nitrogens is 2. The Morgan fingerprint density at radius 3 is 3.05 bits per heavy atom. The number of nitrogens with zero attached hydrogens (tertiary/aromatic N) is 3. The molecule has 1 saturated heterocycles. The highest BCUT2D eigenvalue weighted by Crippen LogP contribution is 2.21. The number of carbonyl (C=O) groups is 1. The molecule has 0 aromatic carbocycles. The molecule has 6 nitrogen and oxygen atoms in total. The normalized spacial score (nSPS) is 22.8. The lowest BCUT2D eigenvalue weighted by molar-refractivity contribution is -0.146. The van der Waals surface area contributed by atoms with Gasteiger partial charge in [0.25, 0.3) is 0 Å². The lowest BCUT2D eigenvalue weighted by Crippen LogP contribution is -2.36. The molecule has 0 spiro atoms. The van der Waals surface area contributed by atoms with Crippen molar-refractivity contribution in [3.8, 4) is 0 Å². The molecule has 21 heavy (non-hydrogen) atoms. The molecule has 0 saturated carbocycles. The second kappa shape index (κ2) is 5.46. The van der Waals surface area contributed by atoms with Crippen molar-refractivity contribution in [2.75, 3.05) is 13.7 Å². The standard InChI is InChI=1S/C15H19N3O3/c1-10-3-4-14-16-11(8-18(14)6-10)7-17-9-12(19)5-13(17)15(20)21-2/h3-4,6,8,12-13,19H,5,7,9H2,1-2H3/t12-,13+/m1/s1. The molecule has 1 fully saturated rings. The van der Waals surface area contributed by atoms with E-state index in [1.165, 1.54) is 7.11 Å². The zero-order chi connectivity index (χ0) is 15.0. The van der Waals surface area contributed by atoms with Crippen LogP contribution in [-0.4, -0.2) is 51.2 Å². The predicted molar refractivity (Wildman–Crippen MR) is 76.8 cm³/mol. The molecule has 0 radical (unpaired) electrons. The van der Waals surface area contributed by atoms with Crippen molar-refractivity contribution >= 4 is 11.6 Å². The summed E-state index contributed by atoms with van der Waals surface area (Å²) in [5, 5.41) is 9.79. The lowest BCUT2D eigenvalue weighted by Gasteiger charge is -2.20. The largest absolute Gasteiger partial charge is 0.468 e. The molecule has 0 bridgehead atoms. The van der Waals surface area contributed by atoms with Crippen LogP contribution in [0.1, 0.15) is 17.7 Å². The number of hydrogen-bond acceptors (Lipinski definition) is 5. The van der Waals surface area contributed by atoms with Gasteiger partial charge in [-0.05, 0) is 18.6 Å². The smallest absolute Gasteiger partial charge is 0.323 e. The fourth-order valence-electron chi connectivity index (χ4n) is 2.88. The van der Waals surface area contributed by atoms with Gasteiger partial charge in [-0.1, -0.05) is 6.07 Å². The number of β-amino-alcohol motifs (C(OH)–C–C–N with tert-alkyl or cyclic N) is 1. The SMILES string of the molecule is COC(=O)[C@@H]1C[C@@H](O)CN1Cc1cn2cc(C)ccc2n1. The van der Waals surface area contributed by atoms with Crippen molar-refractivity contribution < 1.29 is 14.6 Å². The molecular weight excluding hydrogens is 270 g/mol. The van der Waals surface area contributed by atoms with Crippen molar-refractivity contribution in [1.29, 1.82) is 0 Å². The Labute approximate surface area is 123 Å². The van der Waals surface area contributed by atoms with E-state index in [2.05, 4.69) is 4.98 Å². The van der Waals surface area contributed by atoms with E-state index in [-0.39, 0.29) is 5.97 Å². The Morgan fingerprint density at radius 1 is 1.48 bits per heavy atom. The molecule has 0 aliphatic carbocycles. The zero-order valence-corrected chi connectivity index (χ0v) is 12.2. The number of pyridine rings is 1. The fraction of sp³-hybridized carbons (Fsp3) is 0.467. The summed E-state index contributed by atoms with van der Waals surface area (Å²) in [7, 11) is 1.37. The van der Waals surface area contributed by atoms with Crippen LogP contribution in [-0.2, 0) is 16.1 Å². The first-order chi connectivity index (χ1) is 10.1. The first-order valence-electron chi connectivity index (χ1n) is 7.01. The number of imidazole rings is 1. The monoisotopic (exact) mass is 289 g/mol. The van der Waals surface area contributed by atoms with Gasteiger partial charge in [0, 0.05) is 31.9 Å². The molecule has 1 aliphatic heterocycles. The molecule has 2 aromatic heterocycles. The number of aryl methyl sites for hydroxylation is 1. The molecule has 3 rings (SSSR count). The maximum Gasteiger partial charge on any atom is 0.323 e. The van der Waals surface area contributed by atoms with Gasteiger partial charge >= 0.3 is 5.97 Å². The third-order valence-electron chi connectivity index (χ3n) is 3.87. The van der Waals surface area contributed by atoms with E-state index in [0.717, 1.165) is 16.9 Å². The van der Waals surface area contributed by atoms with E-state index in [4.69, 9.17) is 4.74 Å². The summed E-state index contributed by atoms with van der Waals surface area (Å²) in [5.74, 6) is -0.300. The van der Waals surface area contributed by atoms with Crippen LogP contribution in [0.3, 0.4) is 0 Å². The maximum absolute atomic E-state index is 11.8. The number of ether oxygens (including phenoxy) is 1. The van der Waals surface area contributed by atoms with Crippen LogP contribution < -0.4 is 0 Å². The Morgan fingerprint density at radius 2 is 2.29 bits per heavy atom. The Bertz CT molecular complexity index is 667. The fourth-order valence-corrected chi connectivity index (χ4v) is 2.88. The maximum atomic E-state index is 11.8. The summed E-state index contributed by atoms with van der Waals surface area (Å²) in [4.78, 5) is 18.2. The van der Waals surface area contributed by atoms with Crippen molar-refractivity contribution in [3.63, 3.8) is 0 Å². The number of likely N-dealkylation sites (tertiary alicyclic amines) is 1. The molecule has 1 aliphatic rings. The number of hydrogen-bond donors (Lipinski definition) is 1. The summed E-state index contributed by atoms with van der Waals surface area (Å²) >= 11 is 0. The molecule has 0 unspecified atom stereocenters. The number of methoxy groups -OCH3 is 1. The number of rotatable bonds is 3. The Hall–Kier alpha value is -1.92. The Balaban J connectivity index is 1.81. The van der Waals surface area contributed by atoms with E-state index >= 15 is 0 Å². The highest BCUT2D eigenvalue weighted by Gasteiger charge is 2.36.